The van der Waals surface area contributed by atoms with E-state index in [9.17, 15) is 28.4 Å². The zero-order chi connectivity index (χ0) is 35.0. The van der Waals surface area contributed by atoms with Crippen LogP contribution >= 0.6 is 11.6 Å². The van der Waals surface area contributed by atoms with E-state index in [2.05, 4.69) is 31.3 Å². The zero-order valence-electron chi connectivity index (χ0n) is 27.3. The molecule has 0 saturated carbocycles. The van der Waals surface area contributed by atoms with Crippen LogP contribution in [0.1, 0.15) is 62.8 Å². The number of halogens is 2. The first-order valence-corrected chi connectivity index (χ1v) is 16.1. The maximum Gasteiger partial charge on any atom is 0.257 e. The number of nitrogens with zero attached hydrogens (tertiary/aromatic N) is 4. The van der Waals surface area contributed by atoms with Crippen molar-refractivity contribution in [2.24, 2.45) is 5.92 Å². The molecule has 0 radical (unpaired) electrons. The summed E-state index contributed by atoms with van der Waals surface area (Å²) < 4.78 is 16.1. The second-order valence-corrected chi connectivity index (χ2v) is 12.5. The van der Waals surface area contributed by atoms with Crippen molar-refractivity contribution in [3.63, 3.8) is 0 Å². The molecule has 1 aromatic heterocycles. The molecule has 1 aliphatic heterocycles. The van der Waals surface area contributed by atoms with Gasteiger partial charge in [-0.05, 0) is 50.8 Å². The minimum absolute atomic E-state index is 0.0200. The summed E-state index contributed by atoms with van der Waals surface area (Å²) in [4.78, 5) is 72.0. The van der Waals surface area contributed by atoms with Crippen molar-refractivity contribution in [1.82, 2.24) is 40.9 Å². The molecule has 48 heavy (non-hydrogen) atoms. The topological polar surface area (TPSA) is 167 Å². The summed E-state index contributed by atoms with van der Waals surface area (Å²) in [6.45, 7) is 6.35. The monoisotopic (exact) mass is 682 g/mol. The maximum atomic E-state index is 14.7. The van der Waals surface area contributed by atoms with Gasteiger partial charge in [0.05, 0.1) is 18.2 Å². The van der Waals surface area contributed by atoms with E-state index in [4.69, 9.17) is 11.6 Å². The van der Waals surface area contributed by atoms with Crippen LogP contribution in [-0.4, -0.2) is 80.9 Å². The van der Waals surface area contributed by atoms with Crippen molar-refractivity contribution in [2.75, 3.05) is 19.6 Å². The van der Waals surface area contributed by atoms with E-state index in [1.54, 1.807) is 6.92 Å². The van der Waals surface area contributed by atoms with Crippen molar-refractivity contribution in [2.45, 2.75) is 65.2 Å². The molecule has 5 amide bonds. The van der Waals surface area contributed by atoms with Crippen molar-refractivity contribution in [1.29, 1.82) is 0 Å². The summed E-state index contributed by atoms with van der Waals surface area (Å²) in [6.07, 6.45) is 0.517. The number of carbonyl (C=O) groups excluding carboxylic acids is 5. The lowest BCUT2D eigenvalue weighted by molar-refractivity contribution is -0.132. The highest BCUT2D eigenvalue weighted by Gasteiger charge is 2.29. The summed E-state index contributed by atoms with van der Waals surface area (Å²) in [5.74, 6) is -3.09. The molecule has 3 aromatic rings. The number of aromatic nitrogens is 3. The Labute approximate surface area is 283 Å². The third-order valence-corrected chi connectivity index (χ3v) is 7.83. The van der Waals surface area contributed by atoms with E-state index in [1.807, 2.05) is 44.2 Å². The number of rotatable bonds is 4. The highest BCUT2D eigenvalue weighted by molar-refractivity contribution is 6.30. The Morgan fingerprint density at radius 2 is 1.69 bits per heavy atom. The van der Waals surface area contributed by atoms with Gasteiger partial charge in [-0.1, -0.05) is 55.8 Å². The number of amides is 5. The van der Waals surface area contributed by atoms with Crippen LogP contribution in [0.5, 0.6) is 0 Å². The van der Waals surface area contributed by atoms with Crippen LogP contribution in [0.25, 0.3) is 11.4 Å². The van der Waals surface area contributed by atoms with Crippen LogP contribution in [0.4, 0.5) is 4.39 Å². The van der Waals surface area contributed by atoms with Crippen molar-refractivity contribution >= 4 is 41.1 Å². The van der Waals surface area contributed by atoms with Crippen LogP contribution in [-0.2, 0) is 25.7 Å². The van der Waals surface area contributed by atoms with Crippen LogP contribution in [0.2, 0.25) is 5.02 Å². The Morgan fingerprint density at radius 1 is 0.958 bits per heavy atom. The lowest BCUT2D eigenvalue weighted by atomic mass is 10.0. The molecule has 4 rings (SSSR count). The number of hydrogen-bond donors (Lipinski definition) is 4. The molecule has 2 heterocycles. The molecular weight excluding hydrogens is 643 g/mol. The molecule has 0 aliphatic carbocycles. The quantitative estimate of drug-likeness (QED) is 0.328. The molecule has 3 atom stereocenters. The molecule has 0 unspecified atom stereocenters. The van der Waals surface area contributed by atoms with Crippen LogP contribution in [0, 0.1) is 11.7 Å². The van der Waals surface area contributed by atoms with E-state index >= 15 is 0 Å². The second-order valence-electron chi connectivity index (χ2n) is 12.1. The Kier molecular flexibility index (Phi) is 12.2. The molecule has 0 bridgehead atoms. The largest absolute Gasteiger partial charge is 0.354 e. The Balaban J connectivity index is 1.64. The molecule has 4 N–H and O–H groups in total. The lowest BCUT2D eigenvalue weighted by Crippen LogP contribution is -2.54. The molecule has 13 nitrogen and oxygen atoms in total. The van der Waals surface area contributed by atoms with Gasteiger partial charge in [-0.15, -0.1) is 0 Å². The Morgan fingerprint density at radius 3 is 2.38 bits per heavy atom. The van der Waals surface area contributed by atoms with Gasteiger partial charge < -0.3 is 26.2 Å². The van der Waals surface area contributed by atoms with Crippen LogP contribution in [0.15, 0.2) is 48.5 Å². The highest BCUT2D eigenvalue weighted by Crippen LogP contribution is 2.20. The highest BCUT2D eigenvalue weighted by atomic mass is 35.5. The van der Waals surface area contributed by atoms with Crippen molar-refractivity contribution in [3.05, 3.63) is 70.8 Å². The molecule has 256 valence electrons. The van der Waals surface area contributed by atoms with Gasteiger partial charge in [0.15, 0.2) is 5.82 Å². The van der Waals surface area contributed by atoms with E-state index < -0.39 is 60.0 Å². The zero-order valence-corrected chi connectivity index (χ0v) is 28.0. The standard InChI is InChI=1S/C33H40ClFN8O5/c1-19(2)15-26-32(47)38-20(3)30-40-29(22-9-6-5-7-10-22)41-43(30)18-27(44)36-13-8-14-42(17-28(45)37-21(4)31(46)39-26)33(48)24-12-11-23(34)16-25(24)35/h5-7,9-12,16,19-21,26H,8,13-15,17-18H2,1-4H3,(H,36,44)(H,37,45)(H,38,47)(H,39,46)/t20-,21+,26+/m0/s1. The first-order valence-electron chi connectivity index (χ1n) is 15.7. The summed E-state index contributed by atoms with van der Waals surface area (Å²) in [5, 5.41) is 15.6. The fourth-order valence-electron chi connectivity index (χ4n) is 5.18. The molecular formula is C33H40ClFN8O5. The summed E-state index contributed by atoms with van der Waals surface area (Å²) >= 11 is 5.86. The van der Waals surface area contributed by atoms with Crippen LogP contribution in [0.3, 0.4) is 0 Å². The van der Waals surface area contributed by atoms with Gasteiger partial charge in [-0.2, -0.15) is 5.10 Å². The van der Waals surface area contributed by atoms with Gasteiger partial charge >= 0.3 is 0 Å². The number of hydrogen-bond acceptors (Lipinski definition) is 7. The maximum absolute atomic E-state index is 14.7. The summed E-state index contributed by atoms with van der Waals surface area (Å²) in [5.41, 5.74) is 0.429. The van der Waals surface area contributed by atoms with Gasteiger partial charge in [-0.25, -0.2) is 14.1 Å². The molecule has 1 aliphatic rings. The van der Waals surface area contributed by atoms with Gasteiger partial charge in [0.25, 0.3) is 5.91 Å². The first kappa shape index (κ1) is 36.0. The first-order chi connectivity index (χ1) is 22.8. The Bertz CT molecular complexity index is 1650. The molecule has 15 heteroatoms. The van der Waals surface area contributed by atoms with E-state index in [-0.39, 0.29) is 42.6 Å². The minimum atomic E-state index is -1.07. The smallest absolute Gasteiger partial charge is 0.257 e. The normalized spacial score (nSPS) is 20.4. The van der Waals surface area contributed by atoms with Crippen molar-refractivity contribution < 1.29 is 28.4 Å². The number of benzene rings is 2. The van der Waals surface area contributed by atoms with E-state index in [0.717, 1.165) is 11.0 Å². The average molecular weight is 683 g/mol. The van der Waals surface area contributed by atoms with Crippen molar-refractivity contribution in [3.8, 4) is 11.4 Å². The minimum Gasteiger partial charge on any atom is -0.354 e. The third-order valence-electron chi connectivity index (χ3n) is 7.59. The second kappa shape index (κ2) is 16.3. The Hall–Kier alpha value is -4.85. The molecule has 0 saturated heterocycles. The fourth-order valence-corrected chi connectivity index (χ4v) is 5.34. The van der Waals surface area contributed by atoms with Crippen LogP contribution < -0.4 is 21.3 Å². The van der Waals surface area contributed by atoms with Gasteiger partial charge in [0, 0.05) is 23.7 Å². The predicted octanol–water partition coefficient (Wildman–Crippen LogP) is 2.61. The third kappa shape index (κ3) is 9.59. The molecule has 2 aromatic carbocycles. The predicted molar refractivity (Wildman–Crippen MR) is 176 cm³/mol. The number of fused-ring (bicyclic) bond motifs is 1. The molecule has 0 spiro atoms. The molecule has 0 fully saturated rings. The summed E-state index contributed by atoms with van der Waals surface area (Å²) in [6, 6.07) is 10.0. The van der Waals surface area contributed by atoms with Gasteiger partial charge in [0.1, 0.15) is 30.3 Å². The number of nitrogens with one attached hydrogen (secondary N) is 4. The number of carbonyl (C=O) groups is 5. The van der Waals surface area contributed by atoms with Gasteiger partial charge in [-0.3, -0.25) is 24.0 Å². The average Bonchev–Trinajstić information content (AvgIpc) is 3.45. The lowest BCUT2D eigenvalue weighted by Gasteiger charge is -2.25. The van der Waals surface area contributed by atoms with E-state index in [0.29, 0.717) is 23.6 Å². The fraction of sp³-hybridized carbons (Fsp3) is 0.424. The van der Waals surface area contributed by atoms with Gasteiger partial charge in [0.2, 0.25) is 23.6 Å². The SMILES string of the molecule is CC(C)C[C@H]1NC(=O)[C@@H](C)NC(=O)CN(C(=O)c2ccc(Cl)cc2F)CCCNC(=O)Cn2nc(-c3ccccc3)nc2[C@H](C)NC1=O. The van der Waals surface area contributed by atoms with E-state index in [1.165, 1.54) is 23.7 Å². The summed E-state index contributed by atoms with van der Waals surface area (Å²) in [7, 11) is 0.